The summed E-state index contributed by atoms with van der Waals surface area (Å²) in [7, 11) is 0. The number of nitrogen functional groups attached to an aromatic ring is 1. The Balaban J connectivity index is 1.89. The first-order valence-electron chi connectivity index (χ1n) is 6.87. The third-order valence-electron chi connectivity index (χ3n) is 3.14. The molecular formula is C16H13F2N5. The van der Waals surface area contributed by atoms with Crippen molar-refractivity contribution in [2.45, 2.75) is 6.54 Å². The third kappa shape index (κ3) is 3.39. The van der Waals surface area contributed by atoms with Crippen LogP contribution in [0.25, 0.3) is 11.4 Å². The van der Waals surface area contributed by atoms with E-state index in [1.165, 1.54) is 12.1 Å². The Morgan fingerprint density at radius 2 is 1.70 bits per heavy atom. The molecule has 2 aromatic carbocycles. The molecular weight excluding hydrogens is 300 g/mol. The summed E-state index contributed by atoms with van der Waals surface area (Å²) >= 11 is 0. The first-order chi connectivity index (χ1) is 11.1. The average molecular weight is 313 g/mol. The van der Waals surface area contributed by atoms with Crippen molar-refractivity contribution in [2.75, 3.05) is 11.1 Å². The summed E-state index contributed by atoms with van der Waals surface area (Å²) in [4.78, 5) is 11.9. The van der Waals surface area contributed by atoms with Crippen LogP contribution in [0, 0.1) is 11.6 Å². The van der Waals surface area contributed by atoms with Crippen molar-refractivity contribution in [3.8, 4) is 11.4 Å². The summed E-state index contributed by atoms with van der Waals surface area (Å²) in [5.41, 5.74) is 6.59. The van der Waals surface area contributed by atoms with Crippen molar-refractivity contribution >= 4 is 11.9 Å². The highest BCUT2D eigenvalue weighted by Gasteiger charge is 2.14. The zero-order valence-electron chi connectivity index (χ0n) is 12.0. The summed E-state index contributed by atoms with van der Waals surface area (Å²) in [6, 6.07) is 13.4. The number of nitrogens with two attached hydrogens (primary N) is 1. The molecule has 1 aromatic heterocycles. The van der Waals surface area contributed by atoms with Crippen LogP contribution in [-0.4, -0.2) is 15.0 Å². The zero-order chi connectivity index (χ0) is 16.2. The van der Waals surface area contributed by atoms with Crippen molar-refractivity contribution in [1.82, 2.24) is 15.0 Å². The van der Waals surface area contributed by atoms with Gasteiger partial charge in [0.25, 0.3) is 0 Å². The normalized spacial score (nSPS) is 10.5. The Bertz CT molecular complexity index is 824. The van der Waals surface area contributed by atoms with Gasteiger partial charge in [-0.05, 0) is 17.7 Å². The van der Waals surface area contributed by atoms with E-state index >= 15 is 0 Å². The maximum atomic E-state index is 13.9. The molecule has 0 radical (unpaired) electrons. The molecule has 3 N–H and O–H groups in total. The fourth-order valence-electron chi connectivity index (χ4n) is 2.05. The molecule has 0 bridgehead atoms. The second kappa shape index (κ2) is 6.35. The molecule has 0 aliphatic rings. The van der Waals surface area contributed by atoms with E-state index in [9.17, 15) is 8.78 Å². The van der Waals surface area contributed by atoms with Crippen LogP contribution < -0.4 is 11.1 Å². The van der Waals surface area contributed by atoms with Crippen LogP contribution in [0.5, 0.6) is 0 Å². The number of nitrogens with one attached hydrogen (secondary N) is 1. The van der Waals surface area contributed by atoms with Gasteiger partial charge in [0.15, 0.2) is 17.5 Å². The number of halogens is 2. The lowest BCUT2D eigenvalue weighted by Crippen LogP contribution is -2.08. The highest BCUT2D eigenvalue weighted by molar-refractivity contribution is 5.58. The van der Waals surface area contributed by atoms with Gasteiger partial charge >= 0.3 is 0 Å². The van der Waals surface area contributed by atoms with Crippen LogP contribution >= 0.6 is 0 Å². The number of hydrogen-bond donors (Lipinski definition) is 2. The average Bonchev–Trinajstić information content (AvgIpc) is 2.56. The molecule has 0 unspecified atom stereocenters. The van der Waals surface area contributed by atoms with Crippen LogP contribution in [0.2, 0.25) is 0 Å². The van der Waals surface area contributed by atoms with Gasteiger partial charge in [-0.15, -0.1) is 0 Å². The fourth-order valence-corrected chi connectivity index (χ4v) is 2.05. The van der Waals surface area contributed by atoms with Gasteiger partial charge < -0.3 is 11.1 Å². The van der Waals surface area contributed by atoms with E-state index in [4.69, 9.17) is 5.73 Å². The summed E-state index contributed by atoms with van der Waals surface area (Å²) in [5.74, 6) is -1.90. The minimum atomic E-state index is -1.02. The number of benzene rings is 2. The first kappa shape index (κ1) is 14.8. The standard InChI is InChI=1S/C16H13F2N5/c17-12-8-4-7-11(13(12)18)14-21-15(19)23-16(22-14)20-9-10-5-2-1-3-6-10/h1-8H,9H2,(H3,19,20,21,22,23). The number of hydrogen-bond acceptors (Lipinski definition) is 5. The molecule has 0 saturated heterocycles. The molecule has 5 nitrogen and oxygen atoms in total. The second-order valence-corrected chi connectivity index (χ2v) is 4.78. The molecule has 0 aliphatic heterocycles. The van der Waals surface area contributed by atoms with Gasteiger partial charge in [0, 0.05) is 6.54 Å². The number of anilines is 2. The van der Waals surface area contributed by atoms with E-state index in [0.29, 0.717) is 6.54 Å². The molecule has 0 spiro atoms. The van der Waals surface area contributed by atoms with E-state index < -0.39 is 11.6 Å². The molecule has 0 aliphatic carbocycles. The Hall–Kier alpha value is -3.09. The highest BCUT2D eigenvalue weighted by atomic mass is 19.2. The predicted octanol–water partition coefficient (Wildman–Crippen LogP) is 3.01. The van der Waals surface area contributed by atoms with Gasteiger partial charge in [-0.3, -0.25) is 0 Å². The topological polar surface area (TPSA) is 76.7 Å². The smallest absolute Gasteiger partial charge is 0.228 e. The molecule has 3 aromatic rings. The third-order valence-corrected chi connectivity index (χ3v) is 3.14. The molecule has 116 valence electrons. The Morgan fingerprint density at radius 1 is 0.913 bits per heavy atom. The molecule has 0 saturated carbocycles. The summed E-state index contributed by atoms with van der Waals surface area (Å²) in [5, 5.41) is 2.99. The molecule has 0 fully saturated rings. The van der Waals surface area contributed by atoms with Crippen molar-refractivity contribution in [3.63, 3.8) is 0 Å². The fraction of sp³-hybridized carbons (Fsp3) is 0.0625. The first-order valence-corrected chi connectivity index (χ1v) is 6.87. The van der Waals surface area contributed by atoms with Crippen molar-refractivity contribution in [1.29, 1.82) is 0 Å². The molecule has 3 rings (SSSR count). The van der Waals surface area contributed by atoms with E-state index in [0.717, 1.165) is 11.6 Å². The van der Waals surface area contributed by atoms with Crippen molar-refractivity contribution < 1.29 is 8.78 Å². The van der Waals surface area contributed by atoms with Gasteiger partial charge in [-0.1, -0.05) is 36.4 Å². The van der Waals surface area contributed by atoms with Crippen LogP contribution in [0.3, 0.4) is 0 Å². The van der Waals surface area contributed by atoms with E-state index in [1.54, 1.807) is 0 Å². The van der Waals surface area contributed by atoms with Gasteiger partial charge in [-0.2, -0.15) is 15.0 Å². The SMILES string of the molecule is Nc1nc(NCc2ccccc2)nc(-c2cccc(F)c2F)n1. The second-order valence-electron chi connectivity index (χ2n) is 4.78. The Kier molecular flexibility index (Phi) is 4.09. The van der Waals surface area contributed by atoms with Gasteiger partial charge in [-0.25, -0.2) is 8.78 Å². The minimum absolute atomic E-state index is 0.0231. The van der Waals surface area contributed by atoms with E-state index in [-0.39, 0.29) is 23.3 Å². The lowest BCUT2D eigenvalue weighted by molar-refractivity contribution is 0.510. The molecule has 7 heteroatoms. The minimum Gasteiger partial charge on any atom is -0.368 e. The molecule has 0 atom stereocenters. The van der Waals surface area contributed by atoms with Crippen LogP contribution in [0.4, 0.5) is 20.7 Å². The molecule has 1 heterocycles. The lowest BCUT2D eigenvalue weighted by atomic mass is 10.2. The quantitative estimate of drug-likeness (QED) is 0.774. The van der Waals surface area contributed by atoms with Gasteiger partial charge in [0.05, 0.1) is 5.56 Å². The highest BCUT2D eigenvalue weighted by Crippen LogP contribution is 2.22. The summed E-state index contributed by atoms with van der Waals surface area (Å²) in [6.45, 7) is 0.468. The Morgan fingerprint density at radius 3 is 2.48 bits per heavy atom. The maximum absolute atomic E-state index is 13.9. The lowest BCUT2D eigenvalue weighted by Gasteiger charge is -2.08. The van der Waals surface area contributed by atoms with Crippen LogP contribution in [0.15, 0.2) is 48.5 Å². The van der Waals surface area contributed by atoms with Gasteiger partial charge in [0.2, 0.25) is 11.9 Å². The number of nitrogens with zero attached hydrogens (tertiary/aromatic N) is 3. The van der Waals surface area contributed by atoms with Crippen LogP contribution in [-0.2, 0) is 6.54 Å². The van der Waals surface area contributed by atoms with E-state index in [2.05, 4.69) is 20.3 Å². The molecule has 23 heavy (non-hydrogen) atoms. The summed E-state index contributed by atoms with van der Waals surface area (Å²) in [6.07, 6.45) is 0. The summed E-state index contributed by atoms with van der Waals surface area (Å²) < 4.78 is 27.2. The van der Waals surface area contributed by atoms with Crippen molar-refractivity contribution in [2.24, 2.45) is 0 Å². The zero-order valence-corrected chi connectivity index (χ0v) is 12.0. The monoisotopic (exact) mass is 313 g/mol. The Labute approximate surface area is 131 Å². The predicted molar refractivity (Wildman–Crippen MR) is 83.4 cm³/mol. The number of aromatic nitrogens is 3. The van der Waals surface area contributed by atoms with Crippen molar-refractivity contribution in [3.05, 3.63) is 65.7 Å². The van der Waals surface area contributed by atoms with E-state index in [1.807, 2.05) is 30.3 Å². The maximum Gasteiger partial charge on any atom is 0.228 e. The molecule has 0 amide bonds. The largest absolute Gasteiger partial charge is 0.368 e. The number of rotatable bonds is 4. The van der Waals surface area contributed by atoms with Crippen LogP contribution in [0.1, 0.15) is 5.56 Å². The van der Waals surface area contributed by atoms with Gasteiger partial charge in [0.1, 0.15) is 0 Å².